The average molecular weight is 471 g/mol. The summed E-state index contributed by atoms with van der Waals surface area (Å²) < 4.78 is 5.92. The van der Waals surface area contributed by atoms with E-state index in [0.29, 0.717) is 24.5 Å². The Hall–Kier alpha value is -4.11. The molecule has 0 spiro atoms. The van der Waals surface area contributed by atoms with Crippen molar-refractivity contribution in [2.75, 3.05) is 5.32 Å². The Labute approximate surface area is 213 Å². The number of aryl methyl sites for hydroxylation is 1. The largest absolute Gasteiger partial charge is 0.489 e. The highest BCUT2D eigenvalue weighted by Crippen LogP contribution is 2.49. The summed E-state index contributed by atoms with van der Waals surface area (Å²) in [6, 6.07) is 34.2. The molecule has 178 valence electrons. The van der Waals surface area contributed by atoms with E-state index in [-0.39, 0.29) is 0 Å². The molecule has 0 amide bonds. The van der Waals surface area contributed by atoms with Crippen molar-refractivity contribution in [2.45, 2.75) is 31.9 Å². The van der Waals surface area contributed by atoms with Gasteiger partial charge < -0.3 is 10.1 Å². The lowest BCUT2D eigenvalue weighted by Crippen LogP contribution is -2.28. The minimum absolute atomic E-state index is 0.311. The highest BCUT2D eigenvalue weighted by Gasteiger charge is 2.37. The molecular formula is C33H30N2O. The lowest BCUT2D eigenvalue weighted by Gasteiger charge is -2.37. The maximum Gasteiger partial charge on any atom is 0.119 e. The lowest BCUT2D eigenvalue weighted by molar-refractivity contribution is 0.306. The van der Waals surface area contributed by atoms with E-state index in [1.807, 2.05) is 30.5 Å². The zero-order chi connectivity index (χ0) is 24.3. The predicted molar refractivity (Wildman–Crippen MR) is 148 cm³/mol. The number of aliphatic imine (C=N–C) groups is 1. The van der Waals surface area contributed by atoms with E-state index in [4.69, 9.17) is 9.73 Å². The third-order valence-electron chi connectivity index (χ3n) is 7.29. The molecule has 0 unspecified atom stereocenters. The van der Waals surface area contributed by atoms with Crippen LogP contribution < -0.4 is 10.1 Å². The Balaban J connectivity index is 1.10. The van der Waals surface area contributed by atoms with Gasteiger partial charge in [-0.15, -0.1) is 0 Å². The topological polar surface area (TPSA) is 33.6 Å². The molecule has 3 heteroatoms. The van der Waals surface area contributed by atoms with Crippen LogP contribution in [0, 0.1) is 12.8 Å². The monoisotopic (exact) mass is 470 g/mol. The average Bonchev–Trinajstić information content (AvgIpc) is 3.43. The number of rotatable bonds is 6. The Morgan fingerprint density at radius 1 is 0.889 bits per heavy atom. The van der Waals surface area contributed by atoms with Crippen molar-refractivity contribution in [3.8, 4) is 5.75 Å². The fourth-order valence-corrected chi connectivity index (χ4v) is 5.29. The molecule has 1 heterocycles. The van der Waals surface area contributed by atoms with E-state index in [1.165, 1.54) is 27.9 Å². The maximum absolute atomic E-state index is 5.92. The van der Waals surface area contributed by atoms with Gasteiger partial charge in [-0.25, -0.2) is 0 Å². The van der Waals surface area contributed by atoms with Crippen LogP contribution in [0.15, 0.2) is 114 Å². The van der Waals surface area contributed by atoms with Gasteiger partial charge in [-0.1, -0.05) is 72.3 Å². The molecule has 36 heavy (non-hydrogen) atoms. The molecule has 1 N–H and O–H groups in total. The fraction of sp³-hybridized carbons (Fsp3) is 0.182. The third-order valence-corrected chi connectivity index (χ3v) is 7.29. The number of fused-ring (bicyclic) bond motifs is 3. The number of allylic oxidation sites excluding steroid dienone is 2. The zero-order valence-corrected chi connectivity index (χ0v) is 20.5. The second-order valence-electron chi connectivity index (χ2n) is 9.76. The van der Waals surface area contributed by atoms with Crippen molar-refractivity contribution >= 4 is 17.6 Å². The minimum atomic E-state index is 0.311. The molecule has 0 radical (unpaired) electrons. The van der Waals surface area contributed by atoms with Crippen molar-refractivity contribution in [1.29, 1.82) is 0 Å². The van der Waals surface area contributed by atoms with Crippen LogP contribution in [0.4, 0.5) is 11.4 Å². The minimum Gasteiger partial charge on any atom is -0.489 e. The van der Waals surface area contributed by atoms with Crippen LogP contribution in [0.2, 0.25) is 0 Å². The van der Waals surface area contributed by atoms with Gasteiger partial charge in [0.25, 0.3) is 0 Å². The summed E-state index contributed by atoms with van der Waals surface area (Å²) in [5.41, 5.74) is 8.42. The number of ether oxygens (including phenoxy) is 1. The molecule has 4 aromatic rings. The van der Waals surface area contributed by atoms with Crippen LogP contribution in [0.25, 0.3) is 0 Å². The molecule has 0 aromatic heterocycles. The molecule has 0 fully saturated rings. The van der Waals surface area contributed by atoms with Crippen molar-refractivity contribution in [3.05, 3.63) is 137 Å². The molecular weight excluding hydrogens is 440 g/mol. The number of benzene rings is 4. The molecule has 2 aliphatic rings. The quantitative estimate of drug-likeness (QED) is 0.228. The van der Waals surface area contributed by atoms with Crippen molar-refractivity contribution < 1.29 is 4.74 Å². The lowest BCUT2D eigenvalue weighted by atomic mass is 9.77. The first-order chi connectivity index (χ1) is 17.7. The Morgan fingerprint density at radius 2 is 1.67 bits per heavy atom. The smallest absolute Gasteiger partial charge is 0.119 e. The van der Waals surface area contributed by atoms with Gasteiger partial charge in [-0.3, -0.25) is 4.99 Å². The third kappa shape index (κ3) is 4.70. The predicted octanol–water partition coefficient (Wildman–Crippen LogP) is 8.15. The van der Waals surface area contributed by atoms with Crippen LogP contribution in [-0.4, -0.2) is 6.21 Å². The molecule has 3 atom stereocenters. The molecule has 0 saturated heterocycles. The molecule has 3 nitrogen and oxygen atoms in total. The van der Waals surface area contributed by atoms with Crippen molar-refractivity contribution in [2.24, 2.45) is 10.9 Å². The normalized spacial score (nSPS) is 20.1. The van der Waals surface area contributed by atoms with E-state index in [0.717, 1.165) is 23.4 Å². The molecule has 0 bridgehead atoms. The SMILES string of the molecule is Cc1ccc(COc2ccc(C=Nc3ccc([C@@H]4Nc5ccccc5[C@H]5C=CC[C@@H]54)cc3)cc2)cc1. The van der Waals surface area contributed by atoms with E-state index < -0.39 is 0 Å². The van der Waals surface area contributed by atoms with Gasteiger partial charge in [0.2, 0.25) is 0 Å². The van der Waals surface area contributed by atoms with E-state index in [2.05, 4.69) is 97.2 Å². The number of anilines is 1. The number of para-hydroxylation sites is 1. The van der Waals surface area contributed by atoms with Gasteiger partial charge in [0.05, 0.1) is 11.7 Å². The first kappa shape index (κ1) is 22.4. The van der Waals surface area contributed by atoms with E-state index in [1.54, 1.807) is 0 Å². The highest BCUT2D eigenvalue weighted by molar-refractivity contribution is 5.82. The van der Waals surface area contributed by atoms with Crippen LogP contribution in [0.5, 0.6) is 5.75 Å². The summed E-state index contributed by atoms with van der Waals surface area (Å²) in [6.07, 6.45) is 7.74. The number of hydrogen-bond acceptors (Lipinski definition) is 3. The summed E-state index contributed by atoms with van der Waals surface area (Å²) in [5, 5.41) is 3.80. The fourth-order valence-electron chi connectivity index (χ4n) is 5.29. The van der Waals surface area contributed by atoms with Gasteiger partial charge in [0, 0.05) is 17.8 Å². The summed E-state index contributed by atoms with van der Waals surface area (Å²) >= 11 is 0. The van der Waals surface area contributed by atoms with E-state index >= 15 is 0 Å². The van der Waals surface area contributed by atoms with Gasteiger partial charge in [-0.2, -0.15) is 0 Å². The van der Waals surface area contributed by atoms with Crippen LogP contribution in [-0.2, 0) is 6.61 Å². The Kier molecular flexibility index (Phi) is 6.13. The zero-order valence-electron chi connectivity index (χ0n) is 20.5. The van der Waals surface area contributed by atoms with Gasteiger partial charge in [0.1, 0.15) is 12.4 Å². The Morgan fingerprint density at radius 3 is 2.47 bits per heavy atom. The van der Waals surface area contributed by atoms with Crippen molar-refractivity contribution in [1.82, 2.24) is 0 Å². The second-order valence-corrected chi connectivity index (χ2v) is 9.76. The highest BCUT2D eigenvalue weighted by atomic mass is 16.5. The molecule has 6 rings (SSSR count). The molecule has 0 saturated carbocycles. The molecule has 1 aliphatic carbocycles. The molecule has 4 aromatic carbocycles. The summed E-state index contributed by atoms with van der Waals surface area (Å²) in [7, 11) is 0. The first-order valence-electron chi connectivity index (χ1n) is 12.7. The summed E-state index contributed by atoms with van der Waals surface area (Å²) in [5.74, 6) is 1.91. The maximum atomic E-state index is 5.92. The number of hydrogen-bond donors (Lipinski definition) is 1. The van der Waals surface area contributed by atoms with Gasteiger partial charge in [0.15, 0.2) is 0 Å². The van der Waals surface area contributed by atoms with Gasteiger partial charge >= 0.3 is 0 Å². The van der Waals surface area contributed by atoms with Crippen LogP contribution in [0.3, 0.4) is 0 Å². The first-order valence-corrected chi connectivity index (χ1v) is 12.7. The van der Waals surface area contributed by atoms with Crippen LogP contribution >= 0.6 is 0 Å². The van der Waals surface area contributed by atoms with E-state index in [9.17, 15) is 0 Å². The second kappa shape index (κ2) is 9.87. The number of nitrogens with one attached hydrogen (secondary N) is 1. The van der Waals surface area contributed by atoms with Crippen LogP contribution in [0.1, 0.15) is 46.2 Å². The molecule has 1 aliphatic heterocycles. The Bertz CT molecular complexity index is 1390. The summed E-state index contributed by atoms with van der Waals surface area (Å²) in [6.45, 7) is 2.66. The van der Waals surface area contributed by atoms with Crippen molar-refractivity contribution in [3.63, 3.8) is 0 Å². The standard InChI is InChI=1S/C33H30N2O/c1-23-9-11-25(12-10-23)22-36-28-19-13-24(14-20-28)21-34-27-17-15-26(16-18-27)33-31-7-4-6-29(31)30-5-2-3-8-32(30)35-33/h2-6,8-21,29,31,33,35H,7,22H2,1H3/t29-,31+,33+/m1/s1. The van der Waals surface area contributed by atoms with Gasteiger partial charge in [-0.05, 0) is 84.0 Å². The summed E-state index contributed by atoms with van der Waals surface area (Å²) in [4.78, 5) is 4.70. The number of nitrogens with zero attached hydrogens (tertiary/aromatic N) is 1.